The maximum Gasteiger partial charge on any atom is 0.637 e. The number of carbonyl (C=O) groups is 4. The fraction of sp³-hybridized carbons (Fsp3) is 0.185. The molecule has 1 aliphatic rings. The summed E-state index contributed by atoms with van der Waals surface area (Å²) in [7, 11) is 2.42. The quantitative estimate of drug-likeness (QED) is 0.385. The first-order valence-corrected chi connectivity index (χ1v) is 11.4. The lowest BCUT2D eigenvalue weighted by molar-refractivity contribution is -0.145. The Bertz CT molecular complexity index is 1320. The van der Waals surface area contributed by atoms with E-state index in [4.69, 9.17) is 18.8 Å². The molecule has 1 heterocycles. The van der Waals surface area contributed by atoms with Crippen molar-refractivity contribution >= 4 is 36.5 Å². The predicted octanol–water partition coefficient (Wildman–Crippen LogP) is 2.32. The molecule has 0 aromatic heterocycles. The van der Waals surface area contributed by atoms with Crippen molar-refractivity contribution in [2.45, 2.75) is 0 Å². The maximum absolute atomic E-state index is 13.3. The molecular weight excluding hydrogens is 477 g/mol. The molecule has 0 atom stereocenters. The van der Waals surface area contributed by atoms with Crippen LogP contribution in [0, 0.1) is 0 Å². The van der Waals surface area contributed by atoms with Gasteiger partial charge in [-0.2, -0.15) is 0 Å². The molecule has 0 unspecified atom stereocenters. The fourth-order valence-electron chi connectivity index (χ4n) is 4.24. The number of likely N-dealkylation sites (N-methyl/N-ethyl adjacent to an activating group) is 1. The van der Waals surface area contributed by atoms with Crippen LogP contribution in [0.5, 0.6) is 0 Å². The van der Waals surface area contributed by atoms with Crippen molar-refractivity contribution in [2.24, 2.45) is 0 Å². The number of hydrogen-bond acceptors (Lipinski definition) is 9. The van der Waals surface area contributed by atoms with E-state index in [9.17, 15) is 19.2 Å². The van der Waals surface area contributed by atoms with Crippen molar-refractivity contribution in [1.82, 2.24) is 4.90 Å². The molecule has 0 radical (unpaired) electrons. The molecule has 0 amide bonds. The summed E-state index contributed by atoms with van der Waals surface area (Å²) < 4.78 is 21.2. The number of hydrogen-bond donors (Lipinski definition) is 0. The van der Waals surface area contributed by atoms with Crippen molar-refractivity contribution in [3.8, 4) is 22.3 Å². The molecule has 9 nitrogen and oxygen atoms in total. The van der Waals surface area contributed by atoms with Crippen molar-refractivity contribution < 1.29 is 38.0 Å². The van der Waals surface area contributed by atoms with Gasteiger partial charge < -0.3 is 18.8 Å². The average molecular weight is 501 g/mol. The van der Waals surface area contributed by atoms with Crippen LogP contribution in [0.3, 0.4) is 0 Å². The molecule has 0 bridgehead atoms. The van der Waals surface area contributed by atoms with Gasteiger partial charge in [0.15, 0.2) is 0 Å². The Morgan fingerprint density at radius 1 is 0.784 bits per heavy atom. The van der Waals surface area contributed by atoms with Crippen LogP contribution in [0.25, 0.3) is 22.3 Å². The van der Waals surface area contributed by atoms with E-state index >= 15 is 0 Å². The summed E-state index contributed by atoms with van der Waals surface area (Å²) in [6.45, 7) is -0.340. The molecular formula is C27H24BNO8. The zero-order valence-electron chi connectivity index (χ0n) is 20.6. The van der Waals surface area contributed by atoms with Gasteiger partial charge in [0.2, 0.25) is 0 Å². The molecule has 188 valence electrons. The summed E-state index contributed by atoms with van der Waals surface area (Å²) in [5, 5.41) is 0. The normalized spacial score (nSPS) is 14.2. The van der Waals surface area contributed by atoms with Gasteiger partial charge in [-0.3, -0.25) is 14.5 Å². The average Bonchev–Trinajstić information content (AvgIpc) is 2.90. The number of methoxy groups -OCH3 is 2. The summed E-state index contributed by atoms with van der Waals surface area (Å²) in [4.78, 5) is 53.0. The van der Waals surface area contributed by atoms with Crippen LogP contribution in [0.1, 0.15) is 20.7 Å². The molecule has 3 aromatic rings. The van der Waals surface area contributed by atoms with Crippen LogP contribution in [0.15, 0.2) is 66.7 Å². The Hall–Kier alpha value is -4.44. The molecule has 0 spiro atoms. The van der Waals surface area contributed by atoms with Gasteiger partial charge in [-0.1, -0.05) is 60.7 Å². The summed E-state index contributed by atoms with van der Waals surface area (Å²) in [6.07, 6.45) is 0. The van der Waals surface area contributed by atoms with E-state index in [1.54, 1.807) is 55.6 Å². The molecule has 1 aliphatic heterocycles. The topological polar surface area (TPSA) is 108 Å². The minimum Gasteiger partial charge on any atom is -0.494 e. The standard InChI is InChI=1S/C27H24BNO8/c1-29-15-21(30)36-28(37-22(31)16-29)20-14-19(26(32)34-2)23(17-10-6-4-7-11-17)24(25(20)27(33)35-3)18-12-8-5-9-13-18/h4-14H,15-16H2,1-3H3. The smallest absolute Gasteiger partial charge is 0.494 e. The first kappa shape index (κ1) is 25.7. The Balaban J connectivity index is 2.11. The molecule has 0 N–H and O–H groups in total. The zero-order valence-corrected chi connectivity index (χ0v) is 20.6. The van der Waals surface area contributed by atoms with Crippen LogP contribution < -0.4 is 5.46 Å². The lowest BCUT2D eigenvalue weighted by atomic mass is 9.70. The second kappa shape index (κ2) is 11.1. The van der Waals surface area contributed by atoms with E-state index in [0.29, 0.717) is 22.3 Å². The summed E-state index contributed by atoms with van der Waals surface area (Å²) in [6, 6.07) is 19.3. The number of rotatable bonds is 5. The summed E-state index contributed by atoms with van der Waals surface area (Å²) in [5.74, 6) is -2.82. The van der Waals surface area contributed by atoms with Crippen LogP contribution in [0.4, 0.5) is 0 Å². The molecule has 1 fully saturated rings. The maximum atomic E-state index is 13.3. The molecule has 1 saturated heterocycles. The van der Waals surface area contributed by atoms with Crippen molar-refractivity contribution in [1.29, 1.82) is 0 Å². The zero-order chi connectivity index (χ0) is 26.5. The predicted molar refractivity (Wildman–Crippen MR) is 135 cm³/mol. The summed E-state index contributed by atoms with van der Waals surface area (Å²) >= 11 is 0. The Morgan fingerprint density at radius 2 is 1.27 bits per heavy atom. The second-order valence-electron chi connectivity index (χ2n) is 8.34. The monoisotopic (exact) mass is 501 g/mol. The highest BCUT2D eigenvalue weighted by Crippen LogP contribution is 2.38. The highest BCUT2D eigenvalue weighted by Gasteiger charge is 2.40. The van der Waals surface area contributed by atoms with Gasteiger partial charge in [-0.25, -0.2) is 9.59 Å². The number of benzene rings is 3. The van der Waals surface area contributed by atoms with Gasteiger partial charge in [0.1, 0.15) is 0 Å². The van der Waals surface area contributed by atoms with Gasteiger partial charge in [0, 0.05) is 16.6 Å². The third-order valence-corrected chi connectivity index (χ3v) is 5.81. The van der Waals surface area contributed by atoms with E-state index in [0.717, 1.165) is 0 Å². The largest absolute Gasteiger partial charge is 0.637 e. The van der Waals surface area contributed by atoms with E-state index in [1.807, 2.05) is 12.1 Å². The van der Waals surface area contributed by atoms with Crippen LogP contribution in [0.2, 0.25) is 0 Å². The number of ether oxygens (including phenoxy) is 2. The molecule has 0 aliphatic carbocycles. The van der Waals surface area contributed by atoms with E-state index in [-0.39, 0.29) is 29.7 Å². The van der Waals surface area contributed by atoms with Gasteiger partial charge in [-0.15, -0.1) is 0 Å². The minimum absolute atomic E-state index is 0.0141. The van der Waals surface area contributed by atoms with E-state index < -0.39 is 31.0 Å². The van der Waals surface area contributed by atoms with Gasteiger partial charge in [0.25, 0.3) is 0 Å². The molecule has 37 heavy (non-hydrogen) atoms. The van der Waals surface area contributed by atoms with Crippen LogP contribution in [-0.4, -0.2) is 70.3 Å². The Labute approximate surface area is 214 Å². The molecule has 3 aromatic carbocycles. The fourth-order valence-corrected chi connectivity index (χ4v) is 4.24. The highest BCUT2D eigenvalue weighted by atomic mass is 16.6. The lowest BCUT2D eigenvalue weighted by Crippen LogP contribution is -2.49. The molecule has 10 heteroatoms. The van der Waals surface area contributed by atoms with Crippen LogP contribution in [-0.2, 0) is 28.4 Å². The first-order chi connectivity index (χ1) is 17.8. The third kappa shape index (κ3) is 5.39. The van der Waals surface area contributed by atoms with Crippen LogP contribution >= 0.6 is 0 Å². The number of nitrogens with zero attached hydrogens (tertiary/aromatic N) is 1. The number of carbonyl (C=O) groups excluding carboxylic acids is 4. The van der Waals surface area contributed by atoms with Gasteiger partial charge in [0.05, 0.1) is 38.4 Å². The Kier molecular flexibility index (Phi) is 7.69. The second-order valence-corrected chi connectivity index (χ2v) is 8.34. The minimum atomic E-state index is -1.60. The van der Waals surface area contributed by atoms with Gasteiger partial charge in [-0.05, 0) is 24.2 Å². The Morgan fingerprint density at radius 3 is 1.76 bits per heavy atom. The van der Waals surface area contributed by atoms with E-state index in [2.05, 4.69) is 0 Å². The number of esters is 2. The third-order valence-electron chi connectivity index (χ3n) is 5.81. The van der Waals surface area contributed by atoms with Gasteiger partial charge >= 0.3 is 31.0 Å². The molecule has 4 rings (SSSR count). The first-order valence-electron chi connectivity index (χ1n) is 11.4. The van der Waals surface area contributed by atoms with Crippen molar-refractivity contribution in [3.63, 3.8) is 0 Å². The lowest BCUT2D eigenvalue weighted by Gasteiger charge is -2.26. The SMILES string of the molecule is COC(=O)c1cc(B2OC(=O)CN(C)CC(=O)O2)c(C(=O)OC)c(-c2ccccc2)c1-c1ccccc1. The molecule has 0 saturated carbocycles. The van der Waals surface area contributed by atoms with E-state index in [1.165, 1.54) is 25.2 Å². The summed E-state index contributed by atoms with van der Waals surface area (Å²) in [5.41, 5.74) is 2.01. The van der Waals surface area contributed by atoms with Crippen molar-refractivity contribution in [2.75, 3.05) is 34.4 Å². The van der Waals surface area contributed by atoms with Crippen molar-refractivity contribution in [3.05, 3.63) is 77.9 Å². The highest BCUT2D eigenvalue weighted by molar-refractivity contribution is 6.66.